The number of H-pyrrole nitrogens is 2. The molecule has 33 heavy (non-hydrogen) atoms. The van der Waals surface area contributed by atoms with Gasteiger partial charge in [-0.3, -0.25) is 4.79 Å². The highest BCUT2D eigenvalue weighted by molar-refractivity contribution is 7.89. The average Bonchev–Trinajstić information content (AvgIpc) is 3.45. The van der Waals surface area contributed by atoms with Crippen molar-refractivity contribution in [3.05, 3.63) is 40.3 Å². The number of aromatic nitrogens is 2. The summed E-state index contributed by atoms with van der Waals surface area (Å²) in [6.45, 7) is 1.67. The molecular weight excluding hydrogens is 444 g/mol. The minimum Gasteiger partial charge on any atom is -0.459 e. The van der Waals surface area contributed by atoms with Crippen molar-refractivity contribution >= 4 is 37.8 Å². The lowest BCUT2D eigenvalue weighted by Crippen LogP contribution is -2.43. The van der Waals surface area contributed by atoms with E-state index in [4.69, 9.17) is 4.74 Å². The molecule has 1 saturated heterocycles. The van der Waals surface area contributed by atoms with E-state index in [0.29, 0.717) is 16.3 Å². The normalized spacial score (nSPS) is 18.9. The number of piperidine rings is 1. The Kier molecular flexibility index (Phi) is 5.75. The van der Waals surface area contributed by atoms with E-state index < -0.39 is 16.0 Å². The minimum absolute atomic E-state index is 0.0959. The van der Waals surface area contributed by atoms with Gasteiger partial charge < -0.3 is 19.6 Å². The SMILES string of the molecule is CN1CCC(NS(=O)(=O)c2ccc3[nH]c(=O)c4[nH]cc(C(=O)OC5CCCC5)c4c3c2)CC1. The van der Waals surface area contributed by atoms with Crippen molar-refractivity contribution < 1.29 is 17.9 Å². The van der Waals surface area contributed by atoms with Gasteiger partial charge >= 0.3 is 5.97 Å². The summed E-state index contributed by atoms with van der Waals surface area (Å²) in [4.78, 5) is 33.4. The number of carbonyl (C=O) groups is 1. The summed E-state index contributed by atoms with van der Waals surface area (Å²) < 4.78 is 34.7. The zero-order chi connectivity index (χ0) is 23.2. The predicted octanol–water partition coefficient (Wildman–Crippen LogP) is 2.48. The van der Waals surface area contributed by atoms with Crippen molar-refractivity contribution in [2.75, 3.05) is 20.1 Å². The second-order valence-electron chi connectivity index (χ2n) is 9.12. The summed E-state index contributed by atoms with van der Waals surface area (Å²) in [5.41, 5.74) is 0.544. The molecule has 10 heteroatoms. The largest absolute Gasteiger partial charge is 0.459 e. The number of nitrogens with zero attached hydrogens (tertiary/aromatic N) is 1. The van der Waals surface area contributed by atoms with Crippen LogP contribution in [0.2, 0.25) is 0 Å². The molecule has 0 radical (unpaired) electrons. The summed E-state index contributed by atoms with van der Waals surface area (Å²) in [6, 6.07) is 4.44. The highest BCUT2D eigenvalue weighted by Gasteiger charge is 2.26. The van der Waals surface area contributed by atoms with Gasteiger partial charge in [-0.25, -0.2) is 17.9 Å². The van der Waals surface area contributed by atoms with Crippen molar-refractivity contribution in [2.45, 2.75) is 55.6 Å². The van der Waals surface area contributed by atoms with E-state index in [1.54, 1.807) is 6.07 Å². The molecule has 1 aliphatic carbocycles. The lowest BCUT2D eigenvalue weighted by molar-refractivity contribution is 0.0320. The fourth-order valence-corrected chi connectivity index (χ4v) is 6.20. The molecule has 3 aromatic rings. The molecule has 176 valence electrons. The number of carbonyl (C=O) groups excluding carboxylic acids is 1. The standard InChI is InChI=1S/C23H28N4O5S/c1-27-10-8-14(9-11-27)26-33(30,31)16-6-7-19-17(12-16)20-18(13-24-21(20)22(28)25-19)23(29)32-15-4-2-3-5-15/h6-7,12-15,24,26H,2-5,8-11H2,1H3,(H,25,28). The number of ether oxygens (including phenoxy) is 1. The number of sulfonamides is 1. The molecule has 9 nitrogen and oxygen atoms in total. The Hall–Kier alpha value is -2.69. The summed E-state index contributed by atoms with van der Waals surface area (Å²) in [5.74, 6) is -0.502. The third-order valence-electron chi connectivity index (χ3n) is 6.76. The van der Waals surface area contributed by atoms with Crippen LogP contribution in [0.1, 0.15) is 48.9 Å². The van der Waals surface area contributed by atoms with Gasteiger partial charge in [0.25, 0.3) is 5.56 Å². The lowest BCUT2D eigenvalue weighted by Gasteiger charge is -2.29. The van der Waals surface area contributed by atoms with E-state index in [9.17, 15) is 18.0 Å². The first-order valence-corrected chi connectivity index (χ1v) is 12.9. The number of rotatable bonds is 5. The maximum Gasteiger partial charge on any atom is 0.340 e. The summed E-state index contributed by atoms with van der Waals surface area (Å²) in [6.07, 6.45) is 6.56. The van der Waals surface area contributed by atoms with Gasteiger partial charge in [-0.1, -0.05) is 0 Å². The van der Waals surface area contributed by atoms with Crippen LogP contribution >= 0.6 is 0 Å². The molecule has 0 atom stereocenters. The van der Waals surface area contributed by atoms with Gasteiger partial charge in [0.15, 0.2) is 0 Å². The zero-order valence-electron chi connectivity index (χ0n) is 18.5. The van der Waals surface area contributed by atoms with Crippen LogP contribution in [0.25, 0.3) is 21.8 Å². The maximum atomic E-state index is 13.1. The van der Waals surface area contributed by atoms with E-state index in [1.807, 2.05) is 7.05 Å². The number of benzene rings is 1. The van der Waals surface area contributed by atoms with Crippen molar-refractivity contribution in [1.29, 1.82) is 0 Å². The lowest BCUT2D eigenvalue weighted by atomic mass is 10.1. The fraction of sp³-hybridized carbons (Fsp3) is 0.478. The molecule has 1 aliphatic heterocycles. The molecule has 2 fully saturated rings. The number of hydrogen-bond donors (Lipinski definition) is 3. The van der Waals surface area contributed by atoms with Crippen LogP contribution in [-0.4, -0.2) is 61.5 Å². The van der Waals surface area contributed by atoms with Crippen molar-refractivity contribution in [3.8, 4) is 0 Å². The van der Waals surface area contributed by atoms with Gasteiger partial charge in [0.05, 0.1) is 10.5 Å². The van der Waals surface area contributed by atoms with Gasteiger partial charge in [-0.2, -0.15) is 0 Å². The quantitative estimate of drug-likeness (QED) is 0.490. The summed E-state index contributed by atoms with van der Waals surface area (Å²) in [5, 5.41) is 0.864. The molecule has 2 aliphatic rings. The Balaban J connectivity index is 1.54. The molecule has 5 rings (SSSR count). The molecule has 3 N–H and O–H groups in total. The zero-order valence-corrected chi connectivity index (χ0v) is 19.3. The third-order valence-corrected chi connectivity index (χ3v) is 8.28. The number of nitrogens with one attached hydrogen (secondary N) is 3. The Labute approximate surface area is 191 Å². The number of likely N-dealkylation sites (tertiary alicyclic amines) is 1. The Morgan fingerprint density at radius 1 is 1.15 bits per heavy atom. The molecule has 1 saturated carbocycles. The van der Waals surface area contributed by atoms with Crippen LogP contribution in [0.4, 0.5) is 0 Å². The molecule has 2 aromatic heterocycles. The third kappa shape index (κ3) is 4.30. The fourth-order valence-electron chi connectivity index (χ4n) is 4.87. The Morgan fingerprint density at radius 2 is 1.88 bits per heavy atom. The average molecular weight is 473 g/mol. The number of fused-ring (bicyclic) bond motifs is 3. The van der Waals surface area contributed by atoms with E-state index in [0.717, 1.165) is 51.6 Å². The first kappa shape index (κ1) is 22.1. The van der Waals surface area contributed by atoms with Crippen molar-refractivity contribution in [1.82, 2.24) is 19.6 Å². The van der Waals surface area contributed by atoms with Gasteiger partial charge in [0.2, 0.25) is 10.0 Å². The van der Waals surface area contributed by atoms with Gasteiger partial charge in [0, 0.05) is 28.5 Å². The first-order valence-electron chi connectivity index (χ1n) is 11.4. The highest BCUT2D eigenvalue weighted by atomic mass is 32.2. The Morgan fingerprint density at radius 3 is 2.61 bits per heavy atom. The van der Waals surface area contributed by atoms with Crippen LogP contribution < -0.4 is 10.3 Å². The summed E-state index contributed by atoms with van der Waals surface area (Å²) >= 11 is 0. The number of hydrogen-bond acceptors (Lipinski definition) is 6. The minimum atomic E-state index is -3.77. The smallest absolute Gasteiger partial charge is 0.340 e. The monoisotopic (exact) mass is 472 g/mol. The van der Waals surface area contributed by atoms with Crippen molar-refractivity contribution in [2.24, 2.45) is 0 Å². The van der Waals surface area contributed by atoms with Gasteiger partial charge in [0.1, 0.15) is 11.6 Å². The Bertz CT molecular complexity index is 1360. The molecule has 0 spiro atoms. The van der Waals surface area contributed by atoms with Crippen LogP contribution in [0.15, 0.2) is 34.1 Å². The second-order valence-corrected chi connectivity index (χ2v) is 10.8. The highest BCUT2D eigenvalue weighted by Crippen LogP contribution is 2.29. The first-order chi connectivity index (χ1) is 15.8. The molecule has 3 heterocycles. The van der Waals surface area contributed by atoms with Crippen LogP contribution in [0, 0.1) is 0 Å². The van der Waals surface area contributed by atoms with Crippen LogP contribution in [-0.2, 0) is 14.8 Å². The predicted molar refractivity (Wildman–Crippen MR) is 125 cm³/mol. The molecule has 0 unspecified atom stereocenters. The van der Waals surface area contributed by atoms with E-state index in [1.165, 1.54) is 18.3 Å². The molecule has 1 aromatic carbocycles. The summed E-state index contributed by atoms with van der Waals surface area (Å²) in [7, 11) is -1.75. The van der Waals surface area contributed by atoms with Gasteiger partial charge in [-0.05, 0) is 76.9 Å². The number of aromatic amines is 2. The van der Waals surface area contributed by atoms with E-state index in [2.05, 4.69) is 19.6 Å². The topological polar surface area (TPSA) is 124 Å². The maximum absolute atomic E-state index is 13.1. The van der Waals surface area contributed by atoms with Crippen LogP contribution in [0.3, 0.4) is 0 Å². The van der Waals surface area contributed by atoms with E-state index >= 15 is 0 Å². The van der Waals surface area contributed by atoms with Crippen molar-refractivity contribution in [3.63, 3.8) is 0 Å². The number of pyridine rings is 1. The second kappa shape index (κ2) is 8.58. The molecular formula is C23H28N4O5S. The van der Waals surface area contributed by atoms with Gasteiger partial charge in [-0.15, -0.1) is 0 Å². The number of esters is 1. The van der Waals surface area contributed by atoms with Crippen LogP contribution in [0.5, 0.6) is 0 Å². The van der Waals surface area contributed by atoms with E-state index in [-0.39, 0.29) is 33.7 Å². The molecule has 0 bridgehead atoms. The molecule has 0 amide bonds.